The minimum Gasteiger partial charge on any atom is -0.305 e. The highest BCUT2D eigenvalue weighted by Gasteiger charge is 2.34. The number of aromatic nitrogens is 2. The molecule has 150 valence electrons. The number of benzene rings is 2. The standard InChI is InChI=1S/C20H14F5N3O/c1-2-11-6-7-13(20(23,24)25)12(8-11)16-9-27-17(10-26-16)28-19(29)18-14(21)4-3-5-15(18)22/h3-10H,2H2,1H3,(H,27,28,29). The molecule has 1 amide bonds. The number of amides is 1. The van der Waals surface area contributed by atoms with Gasteiger partial charge < -0.3 is 5.32 Å². The summed E-state index contributed by atoms with van der Waals surface area (Å²) in [6.45, 7) is 1.80. The van der Waals surface area contributed by atoms with Crippen molar-refractivity contribution in [3.8, 4) is 11.3 Å². The maximum Gasteiger partial charge on any atom is 0.417 e. The molecule has 4 nitrogen and oxygen atoms in total. The summed E-state index contributed by atoms with van der Waals surface area (Å²) in [5.41, 5.74) is -1.19. The van der Waals surface area contributed by atoms with Crippen LogP contribution in [0.4, 0.5) is 27.8 Å². The fourth-order valence-electron chi connectivity index (χ4n) is 2.70. The Hall–Kier alpha value is -3.36. The maximum atomic E-state index is 13.7. The summed E-state index contributed by atoms with van der Waals surface area (Å²) in [6.07, 6.45) is -1.98. The van der Waals surface area contributed by atoms with E-state index in [4.69, 9.17) is 0 Å². The SMILES string of the molecule is CCc1ccc(C(F)(F)F)c(-c2cnc(NC(=O)c3c(F)cccc3F)cn2)c1. The number of aryl methyl sites for hydroxylation is 1. The largest absolute Gasteiger partial charge is 0.417 e. The van der Waals surface area contributed by atoms with Crippen LogP contribution in [0.15, 0.2) is 48.8 Å². The van der Waals surface area contributed by atoms with Gasteiger partial charge in [-0.25, -0.2) is 13.8 Å². The van der Waals surface area contributed by atoms with Crippen LogP contribution < -0.4 is 5.32 Å². The Kier molecular flexibility index (Phi) is 5.58. The Morgan fingerprint density at radius 1 is 1.03 bits per heavy atom. The molecule has 0 saturated heterocycles. The predicted octanol–water partition coefficient (Wildman–Crippen LogP) is 5.26. The van der Waals surface area contributed by atoms with Crippen molar-refractivity contribution in [1.82, 2.24) is 9.97 Å². The summed E-state index contributed by atoms with van der Waals surface area (Å²) in [6, 6.07) is 6.70. The van der Waals surface area contributed by atoms with Gasteiger partial charge in [0.15, 0.2) is 5.82 Å². The molecule has 9 heteroatoms. The number of nitrogens with zero attached hydrogens (tertiary/aromatic N) is 2. The van der Waals surface area contributed by atoms with Crippen molar-refractivity contribution in [3.63, 3.8) is 0 Å². The summed E-state index contributed by atoms with van der Waals surface area (Å²) in [5.74, 6) is -3.37. The molecule has 0 saturated carbocycles. The summed E-state index contributed by atoms with van der Waals surface area (Å²) >= 11 is 0. The Bertz CT molecular complexity index is 1030. The number of halogens is 5. The molecule has 3 aromatic rings. The van der Waals surface area contributed by atoms with Crippen LogP contribution in [0.2, 0.25) is 0 Å². The van der Waals surface area contributed by atoms with Crippen molar-refractivity contribution < 1.29 is 26.7 Å². The third-order valence-electron chi connectivity index (χ3n) is 4.16. The number of hydrogen-bond acceptors (Lipinski definition) is 3. The van der Waals surface area contributed by atoms with Crippen molar-refractivity contribution in [1.29, 1.82) is 0 Å². The quantitative estimate of drug-likeness (QED) is 0.601. The molecule has 2 aromatic carbocycles. The molecule has 0 atom stereocenters. The Labute approximate surface area is 162 Å². The van der Waals surface area contributed by atoms with Crippen LogP contribution in [-0.2, 0) is 12.6 Å². The monoisotopic (exact) mass is 407 g/mol. The number of carbonyl (C=O) groups is 1. The Morgan fingerprint density at radius 2 is 1.72 bits per heavy atom. The number of nitrogens with one attached hydrogen (secondary N) is 1. The fraction of sp³-hybridized carbons (Fsp3) is 0.150. The van der Waals surface area contributed by atoms with Crippen molar-refractivity contribution in [2.45, 2.75) is 19.5 Å². The van der Waals surface area contributed by atoms with E-state index in [-0.39, 0.29) is 17.1 Å². The average Bonchev–Trinajstić information content (AvgIpc) is 2.67. The molecule has 0 aliphatic carbocycles. The summed E-state index contributed by atoms with van der Waals surface area (Å²) in [7, 11) is 0. The highest BCUT2D eigenvalue weighted by atomic mass is 19.4. The van der Waals surface area contributed by atoms with E-state index in [1.807, 2.05) is 0 Å². The second kappa shape index (κ2) is 7.94. The molecular weight excluding hydrogens is 393 g/mol. The first kappa shape index (κ1) is 20.4. The number of anilines is 1. The van der Waals surface area contributed by atoms with E-state index in [0.29, 0.717) is 12.0 Å². The van der Waals surface area contributed by atoms with Crippen LogP contribution >= 0.6 is 0 Å². The van der Waals surface area contributed by atoms with Gasteiger partial charge in [-0.1, -0.05) is 19.1 Å². The normalized spacial score (nSPS) is 11.4. The van der Waals surface area contributed by atoms with Gasteiger partial charge in [-0.05, 0) is 36.2 Å². The average molecular weight is 407 g/mol. The number of rotatable bonds is 4. The number of alkyl halides is 3. The molecule has 0 spiro atoms. The first-order valence-corrected chi connectivity index (χ1v) is 8.48. The van der Waals surface area contributed by atoms with Gasteiger partial charge >= 0.3 is 6.18 Å². The smallest absolute Gasteiger partial charge is 0.305 e. The third-order valence-corrected chi connectivity index (χ3v) is 4.16. The van der Waals surface area contributed by atoms with Crippen molar-refractivity contribution in [2.24, 2.45) is 0 Å². The molecule has 0 fully saturated rings. The molecule has 3 rings (SSSR count). The fourth-order valence-corrected chi connectivity index (χ4v) is 2.70. The van der Waals surface area contributed by atoms with Crippen molar-refractivity contribution >= 4 is 11.7 Å². The zero-order valence-corrected chi connectivity index (χ0v) is 15.0. The highest BCUT2D eigenvalue weighted by Crippen LogP contribution is 2.37. The van der Waals surface area contributed by atoms with E-state index < -0.39 is 34.8 Å². The van der Waals surface area contributed by atoms with Gasteiger partial charge in [-0.2, -0.15) is 13.2 Å². The molecule has 0 aliphatic heterocycles. The lowest BCUT2D eigenvalue weighted by atomic mass is 10.00. The molecule has 0 unspecified atom stereocenters. The number of carbonyl (C=O) groups excluding carboxylic acids is 1. The molecular formula is C20H14F5N3O. The predicted molar refractivity (Wildman–Crippen MR) is 96.2 cm³/mol. The molecule has 1 aromatic heterocycles. The van der Waals surface area contributed by atoms with Crippen molar-refractivity contribution in [2.75, 3.05) is 5.32 Å². The lowest BCUT2D eigenvalue weighted by Gasteiger charge is -2.14. The maximum absolute atomic E-state index is 13.7. The Morgan fingerprint density at radius 3 is 2.28 bits per heavy atom. The van der Waals surface area contributed by atoms with E-state index in [2.05, 4.69) is 15.3 Å². The van der Waals surface area contributed by atoms with E-state index in [1.165, 1.54) is 12.1 Å². The van der Waals surface area contributed by atoms with Gasteiger partial charge in [0.1, 0.15) is 17.2 Å². The van der Waals surface area contributed by atoms with Gasteiger partial charge in [0.2, 0.25) is 0 Å². The zero-order chi connectivity index (χ0) is 21.2. The Balaban J connectivity index is 1.91. The molecule has 29 heavy (non-hydrogen) atoms. The first-order valence-electron chi connectivity index (χ1n) is 8.48. The summed E-state index contributed by atoms with van der Waals surface area (Å²) in [4.78, 5) is 19.8. The van der Waals surface area contributed by atoms with Crippen LogP contribution in [0.25, 0.3) is 11.3 Å². The lowest BCUT2D eigenvalue weighted by molar-refractivity contribution is -0.137. The molecule has 1 N–H and O–H groups in total. The van der Waals surface area contributed by atoms with Gasteiger partial charge in [0.25, 0.3) is 5.91 Å². The number of hydrogen-bond donors (Lipinski definition) is 1. The van der Waals surface area contributed by atoms with E-state index in [9.17, 15) is 26.7 Å². The molecule has 0 radical (unpaired) electrons. The minimum atomic E-state index is -4.58. The van der Waals surface area contributed by atoms with Crippen LogP contribution in [0.3, 0.4) is 0 Å². The van der Waals surface area contributed by atoms with Gasteiger partial charge in [-0.15, -0.1) is 0 Å². The van der Waals surface area contributed by atoms with Crippen LogP contribution in [-0.4, -0.2) is 15.9 Å². The molecule has 0 aliphatic rings. The minimum absolute atomic E-state index is 0.0531. The second-order valence-electron chi connectivity index (χ2n) is 6.07. The van der Waals surface area contributed by atoms with Crippen LogP contribution in [0.1, 0.15) is 28.4 Å². The van der Waals surface area contributed by atoms with E-state index >= 15 is 0 Å². The van der Waals surface area contributed by atoms with Gasteiger partial charge in [0.05, 0.1) is 23.7 Å². The zero-order valence-electron chi connectivity index (χ0n) is 15.0. The lowest BCUT2D eigenvalue weighted by Crippen LogP contribution is -2.17. The molecule has 1 heterocycles. The summed E-state index contributed by atoms with van der Waals surface area (Å²) < 4.78 is 67.3. The van der Waals surface area contributed by atoms with Gasteiger partial charge in [-0.3, -0.25) is 9.78 Å². The topological polar surface area (TPSA) is 54.9 Å². The molecule has 0 bridgehead atoms. The van der Waals surface area contributed by atoms with Crippen molar-refractivity contribution in [3.05, 3.63) is 77.1 Å². The van der Waals surface area contributed by atoms with E-state index in [0.717, 1.165) is 36.7 Å². The third kappa shape index (κ3) is 4.39. The highest BCUT2D eigenvalue weighted by molar-refractivity contribution is 6.04. The second-order valence-corrected chi connectivity index (χ2v) is 6.07. The van der Waals surface area contributed by atoms with Crippen LogP contribution in [0, 0.1) is 11.6 Å². The first-order chi connectivity index (χ1) is 13.7. The van der Waals surface area contributed by atoms with Crippen LogP contribution in [0.5, 0.6) is 0 Å². The van der Waals surface area contributed by atoms with Gasteiger partial charge in [0, 0.05) is 5.56 Å². The summed E-state index contributed by atoms with van der Waals surface area (Å²) in [5, 5.41) is 2.17. The van der Waals surface area contributed by atoms with E-state index in [1.54, 1.807) is 6.92 Å².